The second kappa shape index (κ2) is 8.96. The molecule has 180 valence electrons. The van der Waals surface area contributed by atoms with Crippen molar-refractivity contribution in [2.45, 2.75) is 13.1 Å². The van der Waals surface area contributed by atoms with Crippen molar-refractivity contribution >= 4 is 17.6 Å². The van der Waals surface area contributed by atoms with E-state index in [9.17, 15) is 36.3 Å². The number of anilines is 1. The number of carbonyl (C=O) groups is 2. The Morgan fingerprint density at radius 3 is 2.41 bits per heavy atom. The van der Waals surface area contributed by atoms with Gasteiger partial charge in [0.05, 0.1) is 11.3 Å². The molecule has 0 saturated carbocycles. The number of aromatic nitrogens is 3. The Labute approximate surface area is 187 Å². The number of hydrogen-bond acceptors (Lipinski definition) is 5. The summed E-state index contributed by atoms with van der Waals surface area (Å²) in [6.07, 6.45) is -4.84. The number of rotatable bonds is 6. The van der Waals surface area contributed by atoms with Crippen molar-refractivity contribution in [3.05, 3.63) is 69.4 Å². The number of nitrogens with one attached hydrogen (secondary N) is 1. The molecule has 0 spiro atoms. The molecule has 1 amide bonds. The van der Waals surface area contributed by atoms with Crippen LogP contribution in [0, 0.1) is 18.6 Å². The number of alkyl halides is 3. The topological polar surface area (TPSA) is 115 Å². The first kappa shape index (κ1) is 24.4. The highest BCUT2D eigenvalue weighted by Crippen LogP contribution is 2.29. The van der Waals surface area contributed by atoms with E-state index in [4.69, 9.17) is 5.11 Å². The molecule has 3 aromatic rings. The van der Waals surface area contributed by atoms with Gasteiger partial charge in [0.25, 0.3) is 5.91 Å². The third-order valence-electron chi connectivity index (χ3n) is 4.55. The van der Waals surface area contributed by atoms with Gasteiger partial charge in [-0.2, -0.15) is 17.9 Å². The average Bonchev–Trinajstić information content (AvgIpc) is 3.04. The summed E-state index contributed by atoms with van der Waals surface area (Å²) in [4.78, 5) is 36.2. The van der Waals surface area contributed by atoms with Crippen molar-refractivity contribution in [2.75, 3.05) is 11.9 Å². The van der Waals surface area contributed by atoms with Crippen molar-refractivity contribution in [1.82, 2.24) is 14.3 Å². The number of aryl methyl sites for hydroxylation is 1. The molecular formula is C20H15F5N4O5. The van der Waals surface area contributed by atoms with Gasteiger partial charge in [0, 0.05) is 13.1 Å². The van der Waals surface area contributed by atoms with Crippen LogP contribution in [0.25, 0.3) is 5.69 Å². The number of para-hydroxylation sites is 1. The number of carbonyl (C=O) groups excluding carboxylic acids is 1. The van der Waals surface area contributed by atoms with Crippen LogP contribution in [0.1, 0.15) is 26.5 Å². The fraction of sp³-hybridized carbons (Fsp3) is 0.200. The van der Waals surface area contributed by atoms with Gasteiger partial charge in [0.2, 0.25) is 5.82 Å². The van der Waals surface area contributed by atoms with Crippen molar-refractivity contribution in [1.29, 1.82) is 0 Å². The van der Waals surface area contributed by atoms with Gasteiger partial charge in [0.15, 0.2) is 6.61 Å². The number of ether oxygens (including phenoxy) is 1. The summed E-state index contributed by atoms with van der Waals surface area (Å²) in [5.74, 6) is -6.57. The second-order valence-corrected chi connectivity index (χ2v) is 6.97. The lowest BCUT2D eigenvalue weighted by Crippen LogP contribution is -2.25. The lowest BCUT2D eigenvalue weighted by atomic mass is 10.1. The first-order valence-electron chi connectivity index (χ1n) is 9.29. The zero-order chi connectivity index (χ0) is 25.4. The van der Waals surface area contributed by atoms with E-state index >= 15 is 0 Å². The Kier molecular flexibility index (Phi) is 6.43. The molecule has 1 heterocycles. The van der Waals surface area contributed by atoms with E-state index in [1.54, 1.807) is 0 Å². The number of carboxylic acid groups (broad SMARTS) is 1. The van der Waals surface area contributed by atoms with Crippen molar-refractivity contribution in [3.63, 3.8) is 0 Å². The molecule has 0 unspecified atom stereocenters. The van der Waals surface area contributed by atoms with Crippen molar-refractivity contribution in [2.24, 2.45) is 7.05 Å². The number of amides is 1. The highest BCUT2D eigenvalue weighted by atomic mass is 19.4. The van der Waals surface area contributed by atoms with E-state index in [1.807, 2.05) is 0 Å². The standard InChI is InChI=1S/C20H15F5N4O5/c1-9-4-3-5-11(21)15(9)26-17(30)10-6-12(22)13(7-14(10)34-8-20(23,24)25)29-19(33)28(2)16(27-29)18(31)32/h3-7H,8H2,1-2H3,(H,26,30)(H,31,32). The van der Waals surface area contributed by atoms with Gasteiger partial charge in [-0.15, -0.1) is 5.10 Å². The summed E-state index contributed by atoms with van der Waals surface area (Å²) in [7, 11) is 1.03. The minimum atomic E-state index is -4.84. The Morgan fingerprint density at radius 1 is 1.18 bits per heavy atom. The third kappa shape index (κ3) is 4.89. The summed E-state index contributed by atoms with van der Waals surface area (Å²) < 4.78 is 72.7. The second-order valence-electron chi connectivity index (χ2n) is 6.97. The molecule has 1 aromatic heterocycles. The molecule has 3 rings (SSSR count). The van der Waals surface area contributed by atoms with Crippen LogP contribution in [-0.4, -0.2) is 44.1 Å². The number of carboxylic acids is 1. The fourth-order valence-corrected chi connectivity index (χ4v) is 2.91. The quantitative estimate of drug-likeness (QED) is 0.518. The normalized spacial score (nSPS) is 11.4. The predicted octanol–water partition coefficient (Wildman–Crippen LogP) is 3.05. The van der Waals surface area contributed by atoms with E-state index in [2.05, 4.69) is 15.2 Å². The molecule has 34 heavy (non-hydrogen) atoms. The van der Waals surface area contributed by atoms with Crippen LogP contribution in [0.2, 0.25) is 0 Å². The van der Waals surface area contributed by atoms with E-state index in [1.165, 1.54) is 19.1 Å². The molecule has 14 heteroatoms. The van der Waals surface area contributed by atoms with E-state index in [-0.39, 0.29) is 11.3 Å². The summed E-state index contributed by atoms with van der Waals surface area (Å²) in [6, 6.07) is 4.90. The number of benzene rings is 2. The Hall–Kier alpha value is -4.23. The molecular weight excluding hydrogens is 471 g/mol. The largest absolute Gasteiger partial charge is 0.483 e. The van der Waals surface area contributed by atoms with Gasteiger partial charge in [0.1, 0.15) is 23.1 Å². The number of nitrogens with zero attached hydrogens (tertiary/aromatic N) is 3. The Balaban J connectivity index is 2.13. The smallest absolute Gasteiger partial charge is 0.422 e. The number of aromatic carboxylic acids is 1. The molecule has 0 aliphatic rings. The van der Waals surface area contributed by atoms with Gasteiger partial charge in [-0.3, -0.25) is 9.36 Å². The van der Waals surface area contributed by atoms with E-state index in [0.29, 0.717) is 21.4 Å². The molecule has 0 bridgehead atoms. The maximum Gasteiger partial charge on any atom is 0.422 e. The fourth-order valence-electron chi connectivity index (χ4n) is 2.91. The highest BCUT2D eigenvalue weighted by Gasteiger charge is 2.30. The van der Waals surface area contributed by atoms with Gasteiger partial charge < -0.3 is 15.2 Å². The first-order chi connectivity index (χ1) is 15.8. The van der Waals surface area contributed by atoms with Crippen molar-refractivity contribution < 1.29 is 41.4 Å². The van der Waals surface area contributed by atoms with Gasteiger partial charge in [-0.1, -0.05) is 12.1 Å². The van der Waals surface area contributed by atoms with Crippen LogP contribution in [0.5, 0.6) is 5.75 Å². The van der Waals surface area contributed by atoms with Gasteiger partial charge in [-0.05, 0) is 24.6 Å². The minimum Gasteiger partial charge on any atom is -0.483 e. The van der Waals surface area contributed by atoms with Crippen molar-refractivity contribution in [3.8, 4) is 11.4 Å². The molecule has 2 aromatic carbocycles. The highest BCUT2D eigenvalue weighted by molar-refractivity contribution is 6.06. The molecule has 9 nitrogen and oxygen atoms in total. The van der Waals surface area contributed by atoms with E-state index < -0.39 is 64.8 Å². The molecule has 2 N–H and O–H groups in total. The summed E-state index contributed by atoms with van der Waals surface area (Å²) >= 11 is 0. The zero-order valence-corrected chi connectivity index (χ0v) is 17.4. The van der Waals surface area contributed by atoms with Gasteiger partial charge in [-0.25, -0.2) is 18.4 Å². The molecule has 0 fully saturated rings. The lowest BCUT2D eigenvalue weighted by molar-refractivity contribution is -0.153. The van der Waals surface area contributed by atoms with Crippen LogP contribution in [0.15, 0.2) is 35.1 Å². The van der Waals surface area contributed by atoms with E-state index in [0.717, 1.165) is 13.1 Å². The predicted molar refractivity (Wildman–Crippen MR) is 106 cm³/mol. The van der Waals surface area contributed by atoms with Gasteiger partial charge >= 0.3 is 17.8 Å². The minimum absolute atomic E-state index is 0.282. The Morgan fingerprint density at radius 2 is 1.85 bits per heavy atom. The van der Waals surface area contributed by atoms with Crippen LogP contribution >= 0.6 is 0 Å². The first-order valence-corrected chi connectivity index (χ1v) is 9.29. The van der Waals surface area contributed by atoms with Crippen LogP contribution in [-0.2, 0) is 7.05 Å². The average molecular weight is 486 g/mol. The Bertz CT molecular complexity index is 1330. The molecule has 0 aliphatic carbocycles. The van der Waals surface area contributed by atoms with Crippen LogP contribution in [0.4, 0.5) is 27.6 Å². The van der Waals surface area contributed by atoms with Crippen LogP contribution in [0.3, 0.4) is 0 Å². The summed E-state index contributed by atoms with van der Waals surface area (Å²) in [5, 5.41) is 14.7. The molecule has 0 saturated heterocycles. The SMILES string of the molecule is Cc1cccc(F)c1NC(=O)c1cc(F)c(-n2nc(C(=O)O)n(C)c2=O)cc1OCC(F)(F)F. The lowest BCUT2D eigenvalue weighted by Gasteiger charge is -2.16. The molecule has 0 radical (unpaired) electrons. The maximum atomic E-state index is 14.9. The zero-order valence-electron chi connectivity index (χ0n) is 17.4. The summed E-state index contributed by atoms with van der Waals surface area (Å²) in [5.41, 5.74) is -2.65. The number of hydrogen-bond donors (Lipinski definition) is 2. The van der Waals surface area contributed by atoms with Crippen LogP contribution < -0.4 is 15.7 Å². The summed E-state index contributed by atoms with van der Waals surface area (Å²) in [6.45, 7) is -0.425. The monoisotopic (exact) mass is 486 g/mol. The molecule has 0 aliphatic heterocycles. The number of halogens is 5. The maximum absolute atomic E-state index is 14.9. The molecule has 0 atom stereocenters. The third-order valence-corrected chi connectivity index (χ3v) is 4.55.